The van der Waals surface area contributed by atoms with E-state index in [9.17, 15) is 14.4 Å². The number of aromatic nitrogens is 1. The van der Waals surface area contributed by atoms with Gasteiger partial charge in [0, 0.05) is 23.1 Å². The van der Waals surface area contributed by atoms with Crippen LogP contribution in [0.4, 0.5) is 0 Å². The van der Waals surface area contributed by atoms with Crippen molar-refractivity contribution in [1.82, 2.24) is 15.8 Å². The molecular formula is C17H19N3O4S. The van der Waals surface area contributed by atoms with Crippen LogP contribution in [-0.2, 0) is 10.5 Å². The molecule has 0 fully saturated rings. The third-order valence-corrected chi connectivity index (χ3v) is 4.32. The van der Waals surface area contributed by atoms with Crippen LogP contribution in [0, 0.1) is 0 Å². The quantitative estimate of drug-likeness (QED) is 0.517. The van der Waals surface area contributed by atoms with Gasteiger partial charge in [0.05, 0.1) is 12.9 Å². The highest BCUT2D eigenvalue weighted by atomic mass is 32.2. The number of hydrogen-bond donors (Lipinski definition) is 3. The number of carbonyl (C=O) groups is 3. The fourth-order valence-electron chi connectivity index (χ4n) is 2.07. The Bertz CT molecular complexity index is 759. The van der Waals surface area contributed by atoms with Crippen LogP contribution < -0.4 is 15.6 Å². The molecule has 8 heteroatoms. The normalized spacial score (nSPS) is 10.2. The zero-order valence-corrected chi connectivity index (χ0v) is 14.7. The predicted octanol–water partition coefficient (Wildman–Crippen LogP) is 1.92. The summed E-state index contributed by atoms with van der Waals surface area (Å²) < 4.78 is 5.27. The van der Waals surface area contributed by atoms with Crippen molar-refractivity contribution < 1.29 is 19.1 Å². The fraction of sp³-hybridized carbons (Fsp3) is 0.235. The fourth-order valence-corrected chi connectivity index (χ4v) is 2.87. The van der Waals surface area contributed by atoms with Gasteiger partial charge in [-0.1, -0.05) is 0 Å². The monoisotopic (exact) mass is 361 g/mol. The maximum absolute atomic E-state index is 11.8. The lowest BCUT2D eigenvalue weighted by Gasteiger charge is -2.10. The Morgan fingerprint density at radius 2 is 2.00 bits per heavy atom. The molecule has 0 saturated carbocycles. The summed E-state index contributed by atoms with van der Waals surface area (Å²) in [5, 5.41) is 0. The molecule has 2 rings (SSSR count). The number of H-pyrrole nitrogens is 1. The SMILES string of the molecule is COc1ccc(C(C)=O)cc1CSCC(=O)NNC(=O)c1ccc[nH]1. The van der Waals surface area contributed by atoms with Gasteiger partial charge in [-0.3, -0.25) is 25.2 Å². The van der Waals surface area contributed by atoms with E-state index in [0.29, 0.717) is 22.8 Å². The van der Waals surface area contributed by atoms with E-state index in [2.05, 4.69) is 15.8 Å². The van der Waals surface area contributed by atoms with Gasteiger partial charge >= 0.3 is 0 Å². The lowest BCUT2D eigenvalue weighted by atomic mass is 10.1. The van der Waals surface area contributed by atoms with Crippen molar-refractivity contribution in [3.8, 4) is 5.75 Å². The second kappa shape index (κ2) is 8.93. The Balaban J connectivity index is 1.81. The van der Waals surface area contributed by atoms with Crippen LogP contribution in [0.15, 0.2) is 36.5 Å². The second-order valence-corrected chi connectivity index (χ2v) is 6.15. The maximum atomic E-state index is 11.8. The highest BCUT2D eigenvalue weighted by Crippen LogP contribution is 2.24. The number of benzene rings is 1. The molecule has 0 radical (unpaired) electrons. The molecule has 25 heavy (non-hydrogen) atoms. The van der Waals surface area contributed by atoms with Gasteiger partial charge in [0.2, 0.25) is 5.91 Å². The van der Waals surface area contributed by atoms with E-state index in [1.54, 1.807) is 43.6 Å². The topological polar surface area (TPSA) is 100 Å². The Morgan fingerprint density at radius 3 is 2.64 bits per heavy atom. The van der Waals surface area contributed by atoms with Gasteiger partial charge in [-0.05, 0) is 37.3 Å². The van der Waals surface area contributed by atoms with Crippen molar-refractivity contribution in [2.75, 3.05) is 12.9 Å². The molecule has 0 aliphatic heterocycles. The average molecular weight is 361 g/mol. The summed E-state index contributed by atoms with van der Waals surface area (Å²) in [6.07, 6.45) is 1.62. The van der Waals surface area contributed by atoms with Crippen LogP contribution in [0.25, 0.3) is 0 Å². The molecule has 2 aromatic rings. The summed E-state index contributed by atoms with van der Waals surface area (Å²) in [6.45, 7) is 1.50. The van der Waals surface area contributed by atoms with Crippen LogP contribution in [-0.4, -0.2) is 35.4 Å². The number of carbonyl (C=O) groups excluding carboxylic acids is 3. The molecule has 0 bridgehead atoms. The number of amides is 2. The maximum Gasteiger partial charge on any atom is 0.286 e. The van der Waals surface area contributed by atoms with E-state index >= 15 is 0 Å². The number of aromatic amines is 1. The van der Waals surface area contributed by atoms with Crippen LogP contribution >= 0.6 is 11.8 Å². The van der Waals surface area contributed by atoms with Crippen molar-refractivity contribution in [3.05, 3.63) is 53.3 Å². The molecule has 0 aliphatic carbocycles. The Hall–Kier alpha value is -2.74. The van der Waals surface area contributed by atoms with Crippen LogP contribution in [0.1, 0.15) is 33.3 Å². The first kappa shape index (κ1) is 18.6. The molecule has 0 saturated heterocycles. The third kappa shape index (κ3) is 5.39. The van der Waals surface area contributed by atoms with E-state index in [-0.39, 0.29) is 17.4 Å². The number of ketones is 1. The van der Waals surface area contributed by atoms with Gasteiger partial charge in [0.25, 0.3) is 5.91 Å². The molecule has 0 spiro atoms. The largest absolute Gasteiger partial charge is 0.496 e. The first-order valence-electron chi connectivity index (χ1n) is 7.49. The minimum Gasteiger partial charge on any atom is -0.496 e. The Morgan fingerprint density at radius 1 is 1.20 bits per heavy atom. The minimum absolute atomic E-state index is 0.0290. The van der Waals surface area contributed by atoms with Crippen molar-refractivity contribution in [2.45, 2.75) is 12.7 Å². The van der Waals surface area contributed by atoms with Gasteiger partial charge in [0.15, 0.2) is 5.78 Å². The van der Waals surface area contributed by atoms with Gasteiger partial charge < -0.3 is 9.72 Å². The van der Waals surface area contributed by atoms with Crippen LogP contribution in [0.3, 0.4) is 0 Å². The molecule has 7 nitrogen and oxygen atoms in total. The molecule has 132 valence electrons. The zero-order valence-electron chi connectivity index (χ0n) is 13.9. The molecule has 0 atom stereocenters. The van der Waals surface area contributed by atoms with Crippen molar-refractivity contribution in [1.29, 1.82) is 0 Å². The molecule has 0 unspecified atom stereocenters. The molecule has 2 amide bonds. The predicted molar refractivity (Wildman–Crippen MR) is 95.6 cm³/mol. The van der Waals surface area contributed by atoms with Gasteiger partial charge in [-0.25, -0.2) is 0 Å². The van der Waals surface area contributed by atoms with Crippen molar-refractivity contribution in [2.24, 2.45) is 0 Å². The smallest absolute Gasteiger partial charge is 0.286 e. The van der Waals surface area contributed by atoms with Gasteiger partial charge in [0.1, 0.15) is 11.4 Å². The van der Waals surface area contributed by atoms with Crippen LogP contribution in [0.2, 0.25) is 0 Å². The van der Waals surface area contributed by atoms with Crippen molar-refractivity contribution in [3.63, 3.8) is 0 Å². The molecule has 0 aliphatic rings. The highest BCUT2D eigenvalue weighted by Gasteiger charge is 2.10. The third-order valence-electron chi connectivity index (χ3n) is 3.34. The summed E-state index contributed by atoms with van der Waals surface area (Å²) in [5.74, 6) is 0.545. The number of hydrogen-bond acceptors (Lipinski definition) is 5. The second-order valence-electron chi connectivity index (χ2n) is 5.16. The number of rotatable bonds is 7. The van der Waals surface area contributed by atoms with Crippen LogP contribution in [0.5, 0.6) is 5.75 Å². The summed E-state index contributed by atoms with van der Waals surface area (Å²) in [4.78, 5) is 37.7. The van der Waals surface area contributed by atoms with E-state index in [4.69, 9.17) is 4.74 Å². The molecule has 3 N–H and O–H groups in total. The minimum atomic E-state index is -0.417. The molecule has 1 aromatic heterocycles. The van der Waals surface area contributed by atoms with E-state index in [1.165, 1.54) is 18.7 Å². The summed E-state index contributed by atoms with van der Waals surface area (Å²) in [5.41, 5.74) is 6.47. The molecular weight excluding hydrogens is 342 g/mol. The lowest BCUT2D eigenvalue weighted by molar-refractivity contribution is -0.119. The Labute approximate surface area is 149 Å². The number of hydrazine groups is 1. The van der Waals surface area contributed by atoms with Gasteiger partial charge in [-0.2, -0.15) is 0 Å². The first-order chi connectivity index (χ1) is 12.0. The first-order valence-corrected chi connectivity index (χ1v) is 8.65. The average Bonchev–Trinajstić information content (AvgIpc) is 3.14. The molecule has 1 heterocycles. The van der Waals surface area contributed by atoms with E-state index in [1.807, 2.05) is 0 Å². The number of thioether (sulfide) groups is 1. The standard InChI is InChI=1S/C17H19N3O4S/c1-11(21)12-5-6-15(24-2)13(8-12)9-25-10-16(22)19-20-17(23)14-4-3-7-18-14/h3-8,18H,9-10H2,1-2H3,(H,19,22)(H,20,23). The van der Waals surface area contributed by atoms with E-state index in [0.717, 1.165) is 5.56 Å². The number of methoxy groups -OCH3 is 1. The summed E-state index contributed by atoms with van der Waals surface area (Å²) in [6, 6.07) is 8.50. The number of ether oxygens (including phenoxy) is 1. The molecule has 1 aromatic carbocycles. The summed E-state index contributed by atoms with van der Waals surface area (Å²) in [7, 11) is 1.56. The zero-order chi connectivity index (χ0) is 18.2. The van der Waals surface area contributed by atoms with Gasteiger partial charge in [-0.15, -0.1) is 11.8 Å². The Kier molecular flexibility index (Phi) is 6.64. The summed E-state index contributed by atoms with van der Waals surface area (Å²) >= 11 is 1.35. The van der Waals surface area contributed by atoms with Crippen molar-refractivity contribution >= 4 is 29.4 Å². The lowest BCUT2D eigenvalue weighted by Crippen LogP contribution is -2.42. The van der Waals surface area contributed by atoms with E-state index < -0.39 is 5.91 Å². The highest BCUT2D eigenvalue weighted by molar-refractivity contribution is 7.99. The number of Topliss-reactive ketones (excluding diaryl/α,β-unsaturated/α-hetero) is 1. The number of nitrogens with one attached hydrogen (secondary N) is 3.